The lowest BCUT2D eigenvalue weighted by molar-refractivity contribution is 0.414. The molecule has 1 aromatic heterocycles. The Morgan fingerprint density at radius 3 is 2.63 bits per heavy atom. The number of ether oxygens (including phenoxy) is 1. The summed E-state index contributed by atoms with van der Waals surface area (Å²) < 4.78 is 5.13. The number of tetrazole rings is 1. The Hall–Kier alpha value is -1.95. The van der Waals surface area contributed by atoms with Crippen molar-refractivity contribution in [2.45, 2.75) is 18.8 Å². The molecule has 6 nitrogen and oxygen atoms in total. The number of benzene rings is 1. The average molecular weight is 259 g/mol. The van der Waals surface area contributed by atoms with Crippen LogP contribution in [0.15, 0.2) is 24.3 Å². The molecule has 2 aromatic rings. The number of hydrogen-bond donors (Lipinski definition) is 1. The van der Waals surface area contributed by atoms with E-state index in [-0.39, 0.29) is 0 Å². The normalized spacial score (nSPS) is 16.5. The molecule has 0 atom stereocenters. The van der Waals surface area contributed by atoms with E-state index >= 15 is 0 Å². The summed E-state index contributed by atoms with van der Waals surface area (Å²) in [6.45, 7) is 2.06. The molecule has 0 bridgehead atoms. The lowest BCUT2D eigenvalue weighted by Crippen LogP contribution is -2.27. The standard InChI is InChI=1S/C13H17N5O/c1-19-12-4-2-11(3-5-12)18-16-13(15-17-18)10-6-8-14-9-7-10/h2-5,10,14H,6-9H2,1H3. The topological polar surface area (TPSA) is 64.9 Å². The molecule has 1 aliphatic rings. The maximum Gasteiger partial charge on any atom is 0.178 e. The molecule has 0 spiro atoms. The number of piperidine rings is 1. The molecule has 19 heavy (non-hydrogen) atoms. The third kappa shape index (κ3) is 2.58. The van der Waals surface area contributed by atoms with E-state index in [2.05, 4.69) is 20.7 Å². The second-order valence-electron chi connectivity index (χ2n) is 4.66. The molecule has 1 aromatic carbocycles. The van der Waals surface area contributed by atoms with Gasteiger partial charge in [0.1, 0.15) is 5.75 Å². The SMILES string of the molecule is COc1ccc(-n2nnc(C3CCNCC3)n2)cc1. The Labute approximate surface area is 111 Å². The summed E-state index contributed by atoms with van der Waals surface area (Å²) in [4.78, 5) is 1.58. The van der Waals surface area contributed by atoms with Gasteiger partial charge in [-0.15, -0.1) is 15.0 Å². The summed E-state index contributed by atoms with van der Waals surface area (Å²) in [5, 5.41) is 16.1. The number of rotatable bonds is 3. The summed E-state index contributed by atoms with van der Waals surface area (Å²) in [6, 6.07) is 7.63. The Morgan fingerprint density at radius 1 is 1.21 bits per heavy atom. The molecule has 1 aliphatic heterocycles. The summed E-state index contributed by atoms with van der Waals surface area (Å²) in [7, 11) is 1.65. The number of nitrogens with one attached hydrogen (secondary N) is 1. The number of nitrogens with zero attached hydrogens (tertiary/aromatic N) is 4. The molecule has 0 amide bonds. The molecule has 1 fully saturated rings. The first-order valence-electron chi connectivity index (χ1n) is 6.52. The number of aromatic nitrogens is 4. The third-order valence-corrected chi connectivity index (χ3v) is 3.44. The smallest absolute Gasteiger partial charge is 0.178 e. The van der Waals surface area contributed by atoms with Crippen LogP contribution in [0.2, 0.25) is 0 Å². The third-order valence-electron chi connectivity index (χ3n) is 3.44. The van der Waals surface area contributed by atoms with Crippen LogP contribution in [0.4, 0.5) is 0 Å². The fraction of sp³-hybridized carbons (Fsp3) is 0.462. The molecule has 1 N–H and O–H groups in total. The zero-order chi connectivity index (χ0) is 13.1. The fourth-order valence-corrected chi connectivity index (χ4v) is 2.29. The summed E-state index contributed by atoms with van der Waals surface area (Å²) in [6.07, 6.45) is 2.16. The molecule has 0 unspecified atom stereocenters. The van der Waals surface area contributed by atoms with Crippen molar-refractivity contribution in [3.63, 3.8) is 0 Å². The Morgan fingerprint density at radius 2 is 1.95 bits per heavy atom. The van der Waals surface area contributed by atoms with Crippen LogP contribution in [-0.4, -0.2) is 40.4 Å². The fourth-order valence-electron chi connectivity index (χ4n) is 2.29. The van der Waals surface area contributed by atoms with Crippen LogP contribution >= 0.6 is 0 Å². The van der Waals surface area contributed by atoms with Crippen LogP contribution in [0.5, 0.6) is 5.75 Å². The van der Waals surface area contributed by atoms with Crippen molar-refractivity contribution in [1.29, 1.82) is 0 Å². The van der Waals surface area contributed by atoms with E-state index in [9.17, 15) is 0 Å². The number of methoxy groups -OCH3 is 1. The summed E-state index contributed by atoms with van der Waals surface area (Å²) in [5.41, 5.74) is 0.897. The van der Waals surface area contributed by atoms with Crippen LogP contribution in [-0.2, 0) is 0 Å². The molecule has 0 aliphatic carbocycles. The number of hydrogen-bond acceptors (Lipinski definition) is 5. The quantitative estimate of drug-likeness (QED) is 0.895. The van der Waals surface area contributed by atoms with Crippen LogP contribution in [0.25, 0.3) is 5.69 Å². The maximum atomic E-state index is 5.13. The molecule has 1 saturated heterocycles. The predicted molar refractivity (Wildman–Crippen MR) is 70.6 cm³/mol. The summed E-state index contributed by atoms with van der Waals surface area (Å²) in [5.74, 6) is 2.09. The van der Waals surface area contributed by atoms with E-state index in [0.717, 1.165) is 43.2 Å². The van der Waals surface area contributed by atoms with Gasteiger partial charge in [0.25, 0.3) is 0 Å². The molecular weight excluding hydrogens is 242 g/mol. The Kier molecular flexibility index (Phi) is 3.41. The minimum atomic E-state index is 0.424. The predicted octanol–water partition coefficient (Wildman–Crippen LogP) is 1.14. The van der Waals surface area contributed by atoms with Gasteiger partial charge >= 0.3 is 0 Å². The van der Waals surface area contributed by atoms with Crippen molar-refractivity contribution in [3.8, 4) is 11.4 Å². The highest BCUT2D eigenvalue weighted by Crippen LogP contribution is 2.21. The molecular formula is C13H17N5O. The first kappa shape index (κ1) is 12.1. The largest absolute Gasteiger partial charge is 0.497 e. The molecule has 2 heterocycles. The van der Waals surface area contributed by atoms with Crippen LogP contribution in [0.1, 0.15) is 24.6 Å². The van der Waals surface area contributed by atoms with Crippen molar-refractivity contribution in [1.82, 2.24) is 25.5 Å². The molecule has 3 rings (SSSR count). The van der Waals surface area contributed by atoms with Gasteiger partial charge < -0.3 is 10.1 Å². The lowest BCUT2D eigenvalue weighted by atomic mass is 9.98. The van der Waals surface area contributed by atoms with Crippen molar-refractivity contribution in [2.75, 3.05) is 20.2 Å². The highest BCUT2D eigenvalue weighted by molar-refractivity contribution is 5.35. The van der Waals surface area contributed by atoms with Crippen LogP contribution in [0.3, 0.4) is 0 Å². The lowest BCUT2D eigenvalue weighted by Gasteiger charge is -2.18. The second-order valence-corrected chi connectivity index (χ2v) is 4.66. The summed E-state index contributed by atoms with van der Waals surface area (Å²) >= 11 is 0. The van der Waals surface area contributed by atoms with E-state index in [0.29, 0.717) is 5.92 Å². The molecule has 0 saturated carbocycles. The van der Waals surface area contributed by atoms with E-state index in [1.54, 1.807) is 11.9 Å². The average Bonchev–Trinajstić information content (AvgIpc) is 2.98. The zero-order valence-electron chi connectivity index (χ0n) is 10.9. The van der Waals surface area contributed by atoms with Crippen molar-refractivity contribution >= 4 is 0 Å². The monoisotopic (exact) mass is 259 g/mol. The van der Waals surface area contributed by atoms with Crippen LogP contribution < -0.4 is 10.1 Å². The first-order valence-corrected chi connectivity index (χ1v) is 6.52. The van der Waals surface area contributed by atoms with Gasteiger partial charge in [-0.1, -0.05) is 0 Å². The highest BCUT2D eigenvalue weighted by Gasteiger charge is 2.20. The van der Waals surface area contributed by atoms with Gasteiger partial charge in [0.15, 0.2) is 5.82 Å². The minimum Gasteiger partial charge on any atom is -0.497 e. The van der Waals surface area contributed by atoms with Gasteiger partial charge in [0, 0.05) is 5.92 Å². The Bertz CT molecular complexity index is 530. The highest BCUT2D eigenvalue weighted by atomic mass is 16.5. The van der Waals surface area contributed by atoms with E-state index in [4.69, 9.17) is 4.74 Å². The molecule has 100 valence electrons. The van der Waals surface area contributed by atoms with E-state index in [1.165, 1.54) is 0 Å². The van der Waals surface area contributed by atoms with Crippen molar-refractivity contribution < 1.29 is 4.74 Å². The van der Waals surface area contributed by atoms with Crippen molar-refractivity contribution in [2.24, 2.45) is 0 Å². The van der Waals surface area contributed by atoms with Gasteiger partial charge in [0.2, 0.25) is 0 Å². The molecule has 6 heteroatoms. The van der Waals surface area contributed by atoms with Crippen LogP contribution in [0, 0.1) is 0 Å². The van der Waals surface area contributed by atoms with Gasteiger partial charge in [0.05, 0.1) is 12.8 Å². The van der Waals surface area contributed by atoms with Crippen molar-refractivity contribution in [3.05, 3.63) is 30.1 Å². The van der Waals surface area contributed by atoms with E-state index in [1.807, 2.05) is 24.3 Å². The maximum absolute atomic E-state index is 5.13. The zero-order valence-corrected chi connectivity index (χ0v) is 10.9. The minimum absolute atomic E-state index is 0.424. The van der Waals surface area contributed by atoms with E-state index < -0.39 is 0 Å². The second kappa shape index (κ2) is 5.36. The molecule has 0 radical (unpaired) electrons. The Balaban J connectivity index is 1.79. The van der Waals surface area contributed by atoms with Gasteiger partial charge in [-0.2, -0.15) is 0 Å². The van der Waals surface area contributed by atoms with Gasteiger partial charge in [-0.25, -0.2) is 0 Å². The first-order chi connectivity index (χ1) is 9.36. The van der Waals surface area contributed by atoms with Gasteiger partial charge in [-0.3, -0.25) is 0 Å². The van der Waals surface area contributed by atoms with Gasteiger partial charge in [-0.05, 0) is 55.4 Å².